The molecule has 1 saturated carbocycles. The topological polar surface area (TPSA) is 66.5 Å². The summed E-state index contributed by atoms with van der Waals surface area (Å²) in [6.07, 6.45) is 5.27. The average molecular weight is 449 g/mol. The minimum atomic E-state index is -3.89. The van der Waals surface area contributed by atoms with Crippen LogP contribution in [0.4, 0.5) is 5.69 Å². The van der Waals surface area contributed by atoms with E-state index in [1.54, 1.807) is 42.5 Å². The lowest BCUT2D eigenvalue weighted by Crippen LogP contribution is -2.44. The third-order valence-electron chi connectivity index (χ3n) is 5.85. The van der Waals surface area contributed by atoms with Crippen molar-refractivity contribution in [3.63, 3.8) is 0 Å². The molecular formula is C26H28N2O3S. The van der Waals surface area contributed by atoms with Crippen LogP contribution in [0.15, 0.2) is 89.8 Å². The van der Waals surface area contributed by atoms with Gasteiger partial charge in [-0.2, -0.15) is 0 Å². The van der Waals surface area contributed by atoms with Gasteiger partial charge in [-0.3, -0.25) is 9.10 Å². The molecule has 0 unspecified atom stereocenters. The zero-order valence-electron chi connectivity index (χ0n) is 18.0. The number of amides is 1. The van der Waals surface area contributed by atoms with E-state index in [4.69, 9.17) is 0 Å². The maximum atomic E-state index is 13.5. The minimum absolute atomic E-state index is 0.123. The zero-order chi connectivity index (χ0) is 22.4. The number of nitrogens with one attached hydrogen (secondary N) is 1. The monoisotopic (exact) mass is 448 g/mol. The third-order valence-corrected chi connectivity index (χ3v) is 7.64. The fourth-order valence-corrected chi connectivity index (χ4v) is 5.58. The number of anilines is 1. The number of sulfonamides is 1. The summed E-state index contributed by atoms with van der Waals surface area (Å²) in [5.74, 6) is -0.274. The second-order valence-corrected chi connectivity index (χ2v) is 10.0. The molecule has 0 aromatic heterocycles. The first kappa shape index (κ1) is 22.1. The molecule has 1 fully saturated rings. The van der Waals surface area contributed by atoms with Crippen LogP contribution in [-0.2, 0) is 14.8 Å². The summed E-state index contributed by atoms with van der Waals surface area (Å²) < 4.78 is 28.1. The highest BCUT2D eigenvalue weighted by Crippen LogP contribution is 2.27. The Morgan fingerprint density at radius 1 is 0.781 bits per heavy atom. The average Bonchev–Trinajstić information content (AvgIpc) is 2.84. The van der Waals surface area contributed by atoms with Gasteiger partial charge in [0.05, 0.1) is 10.6 Å². The van der Waals surface area contributed by atoms with Gasteiger partial charge in [0, 0.05) is 6.04 Å². The van der Waals surface area contributed by atoms with Crippen LogP contribution >= 0.6 is 0 Å². The van der Waals surface area contributed by atoms with Crippen LogP contribution in [0.5, 0.6) is 0 Å². The van der Waals surface area contributed by atoms with E-state index in [1.807, 2.05) is 42.5 Å². The molecule has 4 rings (SSSR count). The summed E-state index contributed by atoms with van der Waals surface area (Å²) in [5, 5.41) is 3.03. The molecule has 0 atom stereocenters. The highest BCUT2D eigenvalue weighted by atomic mass is 32.2. The van der Waals surface area contributed by atoms with Gasteiger partial charge >= 0.3 is 0 Å². The summed E-state index contributed by atoms with van der Waals surface area (Å²) in [6, 6.07) is 25.6. The molecule has 5 nitrogen and oxygen atoms in total. The molecule has 0 radical (unpaired) electrons. The van der Waals surface area contributed by atoms with Crippen molar-refractivity contribution in [3.8, 4) is 11.1 Å². The van der Waals surface area contributed by atoms with Crippen LogP contribution in [0.2, 0.25) is 0 Å². The van der Waals surface area contributed by atoms with Crippen molar-refractivity contribution in [2.45, 2.75) is 43.0 Å². The quantitative estimate of drug-likeness (QED) is 0.553. The first-order valence-electron chi connectivity index (χ1n) is 11.1. The van der Waals surface area contributed by atoms with Gasteiger partial charge in [0.25, 0.3) is 10.0 Å². The van der Waals surface area contributed by atoms with Crippen molar-refractivity contribution in [2.24, 2.45) is 0 Å². The van der Waals surface area contributed by atoms with Gasteiger partial charge in [-0.05, 0) is 48.2 Å². The molecule has 166 valence electrons. The zero-order valence-corrected chi connectivity index (χ0v) is 18.8. The molecule has 0 bridgehead atoms. The fourth-order valence-electron chi connectivity index (χ4n) is 4.14. The van der Waals surface area contributed by atoms with Gasteiger partial charge in [0.2, 0.25) is 5.91 Å². The van der Waals surface area contributed by atoms with E-state index < -0.39 is 10.0 Å². The van der Waals surface area contributed by atoms with Crippen molar-refractivity contribution in [1.82, 2.24) is 5.32 Å². The third kappa shape index (κ3) is 5.19. The number of hydrogen-bond donors (Lipinski definition) is 1. The van der Waals surface area contributed by atoms with E-state index in [2.05, 4.69) is 5.32 Å². The van der Waals surface area contributed by atoms with Crippen molar-refractivity contribution >= 4 is 21.6 Å². The van der Waals surface area contributed by atoms with E-state index in [-0.39, 0.29) is 23.4 Å². The second-order valence-electron chi connectivity index (χ2n) is 8.14. The van der Waals surface area contributed by atoms with Gasteiger partial charge in [0.1, 0.15) is 6.54 Å². The summed E-state index contributed by atoms with van der Waals surface area (Å²) in [6.45, 7) is -0.252. The number of nitrogens with zero attached hydrogens (tertiary/aromatic N) is 1. The van der Waals surface area contributed by atoms with E-state index in [0.29, 0.717) is 5.69 Å². The Labute approximate surface area is 190 Å². The smallest absolute Gasteiger partial charge is 0.264 e. The second kappa shape index (κ2) is 10.0. The maximum Gasteiger partial charge on any atom is 0.264 e. The van der Waals surface area contributed by atoms with E-state index in [0.717, 1.165) is 36.8 Å². The number of carbonyl (C=O) groups excluding carboxylic acids is 1. The molecular weight excluding hydrogens is 420 g/mol. The summed E-state index contributed by atoms with van der Waals surface area (Å²) >= 11 is 0. The van der Waals surface area contributed by atoms with Gasteiger partial charge in [-0.15, -0.1) is 0 Å². The summed E-state index contributed by atoms with van der Waals surface area (Å²) in [5.41, 5.74) is 2.50. The molecule has 1 N–H and O–H groups in total. The molecule has 0 aliphatic heterocycles. The lowest BCUT2D eigenvalue weighted by Gasteiger charge is -2.27. The Balaban J connectivity index is 1.62. The normalized spacial score (nSPS) is 14.6. The number of carbonyl (C=O) groups is 1. The SMILES string of the molecule is O=C(CN(c1ccc(-c2ccccc2)cc1)S(=O)(=O)c1ccccc1)NC1CCCCC1. The van der Waals surface area contributed by atoms with Crippen molar-refractivity contribution in [3.05, 3.63) is 84.9 Å². The van der Waals surface area contributed by atoms with Crippen molar-refractivity contribution in [1.29, 1.82) is 0 Å². The first-order valence-corrected chi connectivity index (χ1v) is 12.5. The fraction of sp³-hybridized carbons (Fsp3) is 0.269. The van der Waals surface area contributed by atoms with Gasteiger partial charge in [0.15, 0.2) is 0 Å². The van der Waals surface area contributed by atoms with Crippen LogP contribution < -0.4 is 9.62 Å². The Morgan fingerprint density at radius 2 is 1.34 bits per heavy atom. The predicted octanol–water partition coefficient (Wildman–Crippen LogP) is 5.00. The van der Waals surface area contributed by atoms with Gasteiger partial charge in [-0.25, -0.2) is 8.42 Å². The largest absolute Gasteiger partial charge is 0.352 e. The molecule has 6 heteroatoms. The van der Waals surface area contributed by atoms with E-state index in [9.17, 15) is 13.2 Å². The van der Waals surface area contributed by atoms with E-state index >= 15 is 0 Å². The Morgan fingerprint density at radius 3 is 1.97 bits per heavy atom. The molecule has 0 saturated heterocycles. The van der Waals surface area contributed by atoms with Crippen LogP contribution in [0.3, 0.4) is 0 Å². The highest BCUT2D eigenvalue weighted by molar-refractivity contribution is 7.92. The van der Waals surface area contributed by atoms with Crippen molar-refractivity contribution in [2.75, 3.05) is 10.8 Å². The summed E-state index contributed by atoms with van der Waals surface area (Å²) in [7, 11) is -3.89. The standard InChI is InChI=1S/C26H28N2O3S/c29-26(27-23-12-6-2-7-13-23)20-28(32(30,31)25-14-8-3-9-15-25)24-18-16-22(17-19-24)21-10-4-1-5-11-21/h1,3-5,8-11,14-19,23H,2,6-7,12-13,20H2,(H,27,29). The Kier molecular flexibility index (Phi) is 6.90. The lowest BCUT2D eigenvalue weighted by molar-refractivity contribution is -0.120. The number of rotatable bonds is 7. The minimum Gasteiger partial charge on any atom is -0.352 e. The molecule has 32 heavy (non-hydrogen) atoms. The molecule has 3 aromatic rings. The molecule has 1 aliphatic carbocycles. The van der Waals surface area contributed by atoms with Gasteiger partial charge in [-0.1, -0.05) is 79.9 Å². The lowest BCUT2D eigenvalue weighted by atomic mass is 9.95. The highest BCUT2D eigenvalue weighted by Gasteiger charge is 2.28. The van der Waals surface area contributed by atoms with Crippen LogP contribution in [0.1, 0.15) is 32.1 Å². The number of hydrogen-bond acceptors (Lipinski definition) is 3. The number of benzene rings is 3. The molecule has 0 spiro atoms. The predicted molar refractivity (Wildman–Crippen MR) is 128 cm³/mol. The van der Waals surface area contributed by atoms with Crippen LogP contribution in [0.25, 0.3) is 11.1 Å². The summed E-state index contributed by atoms with van der Waals surface area (Å²) in [4.78, 5) is 13.0. The molecule has 1 aliphatic rings. The van der Waals surface area contributed by atoms with Crippen LogP contribution in [0, 0.1) is 0 Å². The maximum absolute atomic E-state index is 13.5. The van der Waals surface area contributed by atoms with Crippen LogP contribution in [-0.4, -0.2) is 26.9 Å². The molecule has 0 heterocycles. The Bertz CT molecular complexity index is 1120. The van der Waals surface area contributed by atoms with Crippen molar-refractivity contribution < 1.29 is 13.2 Å². The Hall–Kier alpha value is -3.12. The van der Waals surface area contributed by atoms with E-state index in [1.165, 1.54) is 10.7 Å². The molecule has 3 aromatic carbocycles. The first-order chi connectivity index (χ1) is 15.5. The molecule has 1 amide bonds. The van der Waals surface area contributed by atoms with Gasteiger partial charge < -0.3 is 5.32 Å².